The van der Waals surface area contributed by atoms with Gasteiger partial charge >= 0.3 is 5.97 Å². The summed E-state index contributed by atoms with van der Waals surface area (Å²) in [5.74, 6) is -0.478. The van der Waals surface area contributed by atoms with E-state index in [-0.39, 0.29) is 18.2 Å². The van der Waals surface area contributed by atoms with Gasteiger partial charge in [0.15, 0.2) is 23.3 Å². The molecule has 3 aromatic rings. The van der Waals surface area contributed by atoms with Crippen molar-refractivity contribution in [3.05, 3.63) is 40.3 Å². The van der Waals surface area contributed by atoms with Gasteiger partial charge in [0.25, 0.3) is 0 Å². The van der Waals surface area contributed by atoms with Crippen LogP contribution < -0.4 is 10.5 Å². The molecule has 8 nitrogen and oxygen atoms in total. The molecule has 4 rings (SSSR count). The Morgan fingerprint density at radius 3 is 2.74 bits per heavy atom. The molecule has 0 fully saturated rings. The average Bonchev–Trinajstić information content (AvgIpc) is 3.13. The molecule has 182 valence electrons. The lowest BCUT2D eigenvalue weighted by atomic mass is 9.91. The number of hydrogen-bond donors (Lipinski definition) is 1. The third kappa shape index (κ3) is 4.32. The van der Waals surface area contributed by atoms with Crippen LogP contribution in [0, 0.1) is 19.7 Å². The van der Waals surface area contributed by atoms with Crippen molar-refractivity contribution in [1.82, 2.24) is 14.6 Å². The summed E-state index contributed by atoms with van der Waals surface area (Å²) in [6, 6.07) is 3.06. The van der Waals surface area contributed by atoms with Crippen LogP contribution in [0.1, 0.15) is 62.6 Å². The fourth-order valence-corrected chi connectivity index (χ4v) is 4.42. The van der Waals surface area contributed by atoms with Crippen LogP contribution in [0.2, 0.25) is 0 Å². The van der Waals surface area contributed by atoms with Gasteiger partial charge < -0.3 is 19.9 Å². The number of halogens is 1. The zero-order chi connectivity index (χ0) is 24.8. The first kappa shape index (κ1) is 23.9. The average molecular weight is 471 g/mol. The lowest BCUT2D eigenvalue weighted by Crippen LogP contribution is -2.30. The fraction of sp³-hybridized carbons (Fsp3) is 0.480. The van der Waals surface area contributed by atoms with Gasteiger partial charge in [0.1, 0.15) is 5.82 Å². The number of carbonyl (C=O) groups excluding carboxylic acids is 1. The Bertz CT molecular complexity index is 1260. The van der Waals surface area contributed by atoms with Crippen molar-refractivity contribution >= 4 is 17.4 Å². The summed E-state index contributed by atoms with van der Waals surface area (Å²) >= 11 is 0. The van der Waals surface area contributed by atoms with E-state index in [0.29, 0.717) is 41.2 Å². The molecular weight excluding hydrogens is 439 g/mol. The number of aromatic nitrogens is 3. The number of benzene rings is 1. The molecule has 1 aromatic carbocycles. The molecule has 0 radical (unpaired) electrons. The summed E-state index contributed by atoms with van der Waals surface area (Å²) in [5.41, 5.74) is 9.54. The van der Waals surface area contributed by atoms with Gasteiger partial charge in [-0.3, -0.25) is 0 Å². The molecule has 1 aliphatic rings. The smallest absolute Gasteiger partial charge is 0.340 e. The van der Waals surface area contributed by atoms with Gasteiger partial charge in [-0.1, -0.05) is 0 Å². The molecule has 0 aliphatic carbocycles. The highest BCUT2D eigenvalue weighted by molar-refractivity contribution is 5.83. The van der Waals surface area contributed by atoms with E-state index in [4.69, 9.17) is 19.9 Å². The van der Waals surface area contributed by atoms with Crippen LogP contribution >= 0.6 is 0 Å². The van der Waals surface area contributed by atoms with Crippen LogP contribution in [-0.4, -0.2) is 39.4 Å². The Morgan fingerprint density at radius 1 is 1.32 bits per heavy atom. The largest absolute Gasteiger partial charge is 0.490 e. The second kappa shape index (κ2) is 8.87. The number of fused-ring (bicyclic) bond motifs is 2. The van der Waals surface area contributed by atoms with Crippen LogP contribution in [-0.2, 0) is 20.7 Å². The van der Waals surface area contributed by atoms with E-state index in [1.807, 2.05) is 27.7 Å². The van der Waals surface area contributed by atoms with Crippen LogP contribution in [0.4, 0.5) is 10.2 Å². The number of rotatable bonds is 5. The summed E-state index contributed by atoms with van der Waals surface area (Å²) in [5, 5.41) is 4.43. The van der Waals surface area contributed by atoms with E-state index < -0.39 is 23.5 Å². The van der Waals surface area contributed by atoms with E-state index in [1.165, 1.54) is 6.07 Å². The predicted molar refractivity (Wildman–Crippen MR) is 126 cm³/mol. The first-order valence-electron chi connectivity index (χ1n) is 11.5. The predicted octanol–water partition coefficient (Wildman–Crippen LogP) is 4.48. The molecule has 1 atom stereocenters. The van der Waals surface area contributed by atoms with E-state index in [1.54, 1.807) is 24.4 Å². The van der Waals surface area contributed by atoms with Crippen molar-refractivity contribution < 1.29 is 23.4 Å². The molecule has 0 spiro atoms. The molecule has 0 unspecified atom stereocenters. The van der Waals surface area contributed by atoms with Gasteiger partial charge in [-0.05, 0) is 66.0 Å². The number of hydrogen-bond acceptors (Lipinski definition) is 7. The molecule has 0 saturated carbocycles. The van der Waals surface area contributed by atoms with Gasteiger partial charge in [-0.15, -0.1) is 5.10 Å². The van der Waals surface area contributed by atoms with Crippen molar-refractivity contribution in [3.8, 4) is 17.0 Å². The minimum absolute atomic E-state index is 0.186. The van der Waals surface area contributed by atoms with Crippen LogP contribution in [0.5, 0.6) is 5.75 Å². The Morgan fingerprint density at radius 2 is 2.06 bits per heavy atom. The molecule has 34 heavy (non-hydrogen) atoms. The minimum atomic E-state index is -1.10. The zero-order valence-corrected chi connectivity index (χ0v) is 20.5. The fourth-order valence-electron chi connectivity index (χ4n) is 4.42. The van der Waals surface area contributed by atoms with E-state index >= 15 is 4.39 Å². The van der Waals surface area contributed by atoms with Crippen LogP contribution in [0.15, 0.2) is 12.1 Å². The Kier molecular flexibility index (Phi) is 6.24. The molecule has 2 N–H and O–H groups in total. The summed E-state index contributed by atoms with van der Waals surface area (Å²) in [6.07, 6.45) is 0.379. The molecule has 1 aliphatic heterocycles. The first-order chi connectivity index (χ1) is 16.0. The van der Waals surface area contributed by atoms with Gasteiger partial charge in [0.2, 0.25) is 0 Å². The van der Waals surface area contributed by atoms with Crippen LogP contribution in [0.25, 0.3) is 16.9 Å². The molecule has 3 heterocycles. The van der Waals surface area contributed by atoms with Crippen molar-refractivity contribution in [2.24, 2.45) is 0 Å². The van der Waals surface area contributed by atoms with E-state index in [2.05, 4.69) is 10.1 Å². The van der Waals surface area contributed by atoms with Gasteiger partial charge in [-0.25, -0.2) is 18.7 Å². The van der Waals surface area contributed by atoms with Crippen molar-refractivity contribution in [2.75, 3.05) is 18.9 Å². The maximum Gasteiger partial charge on any atom is 0.340 e. The van der Waals surface area contributed by atoms with Gasteiger partial charge in [0.05, 0.1) is 24.5 Å². The van der Waals surface area contributed by atoms with Crippen LogP contribution in [0.3, 0.4) is 0 Å². The Hall–Kier alpha value is -3.20. The molecule has 0 amide bonds. The molecule has 0 bridgehead atoms. The number of nitrogen functional groups attached to an aromatic ring is 1. The highest BCUT2D eigenvalue weighted by Gasteiger charge is 2.35. The Labute approximate surface area is 198 Å². The maximum absolute atomic E-state index is 15.3. The third-order valence-corrected chi connectivity index (χ3v) is 5.77. The second-order valence-corrected chi connectivity index (χ2v) is 9.45. The normalized spacial score (nSPS) is 14.6. The summed E-state index contributed by atoms with van der Waals surface area (Å²) in [4.78, 5) is 17.8. The number of esters is 1. The lowest BCUT2D eigenvalue weighted by Gasteiger charge is -2.29. The summed E-state index contributed by atoms with van der Waals surface area (Å²) in [6.45, 7) is 11.7. The Balaban J connectivity index is 2.08. The number of aryl methyl sites for hydroxylation is 1. The van der Waals surface area contributed by atoms with Crippen molar-refractivity contribution in [2.45, 2.75) is 66.1 Å². The molecule has 9 heteroatoms. The number of ether oxygens (including phenoxy) is 3. The minimum Gasteiger partial charge on any atom is -0.490 e. The topological polar surface area (TPSA) is 101 Å². The van der Waals surface area contributed by atoms with Crippen molar-refractivity contribution in [3.63, 3.8) is 0 Å². The van der Waals surface area contributed by atoms with Gasteiger partial charge in [-0.2, -0.15) is 0 Å². The SMILES string of the molecule is CCOC(=O)[C@@H](OC(C)(C)C)c1c(C)nc2cc(N)nn2c1-c1cc(F)c2c(c1C)CCCO2. The lowest BCUT2D eigenvalue weighted by molar-refractivity contribution is -0.166. The highest BCUT2D eigenvalue weighted by atomic mass is 19.1. The standard InChI is InChI=1S/C25H31FN4O4/c1-7-32-24(31)23(34-25(4,5)6)20-14(3)28-19-12-18(27)29-30(19)21(20)16-11-17(26)22-15(13(16)2)9-8-10-33-22/h11-12,23H,7-10H2,1-6H3,(H2,27,29)/t23-/m0/s1. The number of nitrogens with two attached hydrogens (primary N) is 1. The maximum atomic E-state index is 15.3. The van der Waals surface area contributed by atoms with E-state index in [9.17, 15) is 4.79 Å². The number of carbonyl (C=O) groups is 1. The number of nitrogens with zero attached hydrogens (tertiary/aromatic N) is 3. The quantitative estimate of drug-likeness (QED) is 0.549. The zero-order valence-electron chi connectivity index (χ0n) is 20.5. The third-order valence-electron chi connectivity index (χ3n) is 5.77. The van der Waals surface area contributed by atoms with Crippen molar-refractivity contribution in [1.29, 1.82) is 0 Å². The highest BCUT2D eigenvalue weighted by Crippen LogP contribution is 2.41. The molecule has 0 saturated heterocycles. The van der Waals surface area contributed by atoms with E-state index in [0.717, 1.165) is 17.5 Å². The first-order valence-corrected chi connectivity index (χ1v) is 11.5. The summed E-state index contributed by atoms with van der Waals surface area (Å²) in [7, 11) is 0. The monoisotopic (exact) mass is 470 g/mol. The summed E-state index contributed by atoms with van der Waals surface area (Å²) < 4.78 is 34.0. The number of anilines is 1. The van der Waals surface area contributed by atoms with Gasteiger partial charge in [0, 0.05) is 28.5 Å². The second-order valence-electron chi connectivity index (χ2n) is 9.45. The molecule has 2 aromatic heterocycles. The molecular formula is C25H31FN4O4.